The average Bonchev–Trinajstić information content (AvgIpc) is 2.46. The number of para-hydroxylation sites is 1. The van der Waals surface area contributed by atoms with E-state index in [2.05, 4.69) is 10.3 Å². The van der Waals surface area contributed by atoms with Crippen molar-refractivity contribution in [1.29, 1.82) is 0 Å². The van der Waals surface area contributed by atoms with Crippen LogP contribution < -0.4 is 5.32 Å². The minimum Gasteiger partial charge on any atom is -0.380 e. The van der Waals surface area contributed by atoms with Crippen molar-refractivity contribution in [2.45, 2.75) is 6.54 Å². The third-order valence-corrected chi connectivity index (χ3v) is 4.03. The first-order chi connectivity index (χ1) is 10.1. The maximum absolute atomic E-state index is 6.23. The van der Waals surface area contributed by atoms with Crippen molar-refractivity contribution in [3.63, 3.8) is 0 Å². The molecule has 3 aromatic rings. The van der Waals surface area contributed by atoms with Crippen molar-refractivity contribution in [3.05, 3.63) is 69.3 Å². The number of hydrogen-bond acceptors (Lipinski definition) is 2. The average molecular weight is 338 g/mol. The summed E-state index contributed by atoms with van der Waals surface area (Å²) in [6.07, 6.45) is 0. The Morgan fingerprint density at radius 3 is 2.57 bits per heavy atom. The Labute approximate surface area is 137 Å². The molecule has 0 aliphatic rings. The Morgan fingerprint density at radius 1 is 0.952 bits per heavy atom. The maximum Gasteiger partial charge on any atom is 0.134 e. The largest absolute Gasteiger partial charge is 0.380 e. The van der Waals surface area contributed by atoms with E-state index in [4.69, 9.17) is 34.8 Å². The number of pyridine rings is 1. The summed E-state index contributed by atoms with van der Waals surface area (Å²) in [5.74, 6) is 0. The van der Waals surface area contributed by atoms with Crippen molar-refractivity contribution in [1.82, 2.24) is 4.98 Å². The number of fused-ring (bicyclic) bond motifs is 1. The van der Waals surface area contributed by atoms with Gasteiger partial charge in [-0.15, -0.1) is 0 Å². The van der Waals surface area contributed by atoms with Crippen LogP contribution in [0.3, 0.4) is 0 Å². The van der Waals surface area contributed by atoms with Crippen LogP contribution in [0.25, 0.3) is 10.9 Å². The molecule has 0 fully saturated rings. The molecule has 106 valence electrons. The lowest BCUT2D eigenvalue weighted by molar-refractivity contribution is 1.13. The molecule has 0 bridgehead atoms. The molecule has 1 aromatic heterocycles. The molecule has 2 aromatic carbocycles. The van der Waals surface area contributed by atoms with Gasteiger partial charge < -0.3 is 5.32 Å². The normalized spacial score (nSPS) is 10.8. The van der Waals surface area contributed by atoms with E-state index in [0.717, 1.165) is 22.2 Å². The van der Waals surface area contributed by atoms with E-state index < -0.39 is 0 Å². The van der Waals surface area contributed by atoms with Crippen molar-refractivity contribution in [3.8, 4) is 0 Å². The summed E-state index contributed by atoms with van der Waals surface area (Å²) in [6.45, 7) is 0.540. The predicted octanol–water partition coefficient (Wildman–Crippen LogP) is 5.81. The lowest BCUT2D eigenvalue weighted by Gasteiger charge is -2.10. The molecule has 2 nitrogen and oxygen atoms in total. The van der Waals surface area contributed by atoms with Gasteiger partial charge in [-0.05, 0) is 30.3 Å². The molecule has 0 saturated heterocycles. The lowest BCUT2D eigenvalue weighted by atomic mass is 10.1. The van der Waals surface area contributed by atoms with Crippen LogP contribution in [-0.4, -0.2) is 4.98 Å². The second kappa shape index (κ2) is 6.10. The number of nitrogens with zero attached hydrogens (tertiary/aromatic N) is 1. The summed E-state index contributed by atoms with van der Waals surface area (Å²) >= 11 is 18.2. The van der Waals surface area contributed by atoms with Crippen LogP contribution in [0.4, 0.5) is 5.69 Å². The van der Waals surface area contributed by atoms with Crippen molar-refractivity contribution in [2.75, 3.05) is 5.32 Å². The summed E-state index contributed by atoms with van der Waals surface area (Å²) in [7, 11) is 0. The minimum absolute atomic E-state index is 0.492. The zero-order valence-corrected chi connectivity index (χ0v) is 13.2. The van der Waals surface area contributed by atoms with Crippen LogP contribution in [0.2, 0.25) is 15.2 Å². The highest BCUT2D eigenvalue weighted by Gasteiger charge is 2.06. The highest BCUT2D eigenvalue weighted by molar-refractivity contribution is 6.36. The van der Waals surface area contributed by atoms with E-state index in [1.54, 1.807) is 12.1 Å². The van der Waals surface area contributed by atoms with Gasteiger partial charge in [0.05, 0.1) is 16.2 Å². The lowest BCUT2D eigenvalue weighted by Crippen LogP contribution is -2.01. The van der Waals surface area contributed by atoms with Crippen LogP contribution in [0, 0.1) is 0 Å². The molecule has 0 aliphatic heterocycles. The van der Waals surface area contributed by atoms with E-state index >= 15 is 0 Å². The van der Waals surface area contributed by atoms with Crippen molar-refractivity contribution in [2.24, 2.45) is 0 Å². The molecule has 0 atom stereocenters. The molecule has 3 rings (SSSR count). The number of halogens is 3. The van der Waals surface area contributed by atoms with Gasteiger partial charge in [0.25, 0.3) is 0 Å². The number of hydrogen-bond donors (Lipinski definition) is 1. The molecule has 1 N–H and O–H groups in total. The van der Waals surface area contributed by atoms with Gasteiger partial charge in [-0.25, -0.2) is 4.98 Å². The first kappa shape index (κ1) is 14.5. The van der Waals surface area contributed by atoms with E-state index in [0.29, 0.717) is 21.7 Å². The first-order valence-electron chi connectivity index (χ1n) is 6.36. The first-order valence-corrected chi connectivity index (χ1v) is 7.50. The molecular formula is C16H11Cl3N2. The van der Waals surface area contributed by atoms with Crippen LogP contribution in [0.1, 0.15) is 5.56 Å². The predicted molar refractivity (Wildman–Crippen MR) is 90.5 cm³/mol. The highest BCUT2D eigenvalue weighted by Crippen LogP contribution is 2.27. The minimum atomic E-state index is 0.492. The number of rotatable bonds is 3. The van der Waals surface area contributed by atoms with Gasteiger partial charge in [0.2, 0.25) is 0 Å². The summed E-state index contributed by atoms with van der Waals surface area (Å²) in [6, 6.07) is 15.2. The quantitative estimate of drug-likeness (QED) is 0.610. The standard InChI is InChI=1S/C16H11Cl3N2/c17-12-5-6-15(13(18)8-12)20-9-11-7-10-3-1-2-4-14(10)21-16(11)19/h1-8,20H,9H2. The van der Waals surface area contributed by atoms with Crippen LogP contribution >= 0.6 is 34.8 Å². The molecule has 0 amide bonds. The van der Waals surface area contributed by atoms with Gasteiger partial charge in [-0.1, -0.05) is 53.0 Å². The Kier molecular flexibility index (Phi) is 4.20. The topological polar surface area (TPSA) is 24.9 Å². The molecule has 21 heavy (non-hydrogen) atoms. The number of benzene rings is 2. The van der Waals surface area contributed by atoms with Gasteiger partial charge in [0, 0.05) is 22.5 Å². The summed E-state index contributed by atoms with van der Waals surface area (Å²) in [4.78, 5) is 4.40. The number of nitrogens with one attached hydrogen (secondary N) is 1. The van der Waals surface area contributed by atoms with Gasteiger partial charge in [-0.3, -0.25) is 0 Å². The molecule has 0 saturated carbocycles. The number of aromatic nitrogens is 1. The molecule has 0 unspecified atom stereocenters. The zero-order valence-electron chi connectivity index (χ0n) is 10.9. The second-order valence-electron chi connectivity index (χ2n) is 4.61. The SMILES string of the molecule is Clc1ccc(NCc2cc3ccccc3nc2Cl)c(Cl)c1. The van der Waals surface area contributed by atoms with Crippen LogP contribution in [0.15, 0.2) is 48.5 Å². The third-order valence-electron chi connectivity index (χ3n) is 3.15. The molecule has 0 aliphatic carbocycles. The van der Waals surface area contributed by atoms with E-state index in [1.807, 2.05) is 36.4 Å². The van der Waals surface area contributed by atoms with Gasteiger partial charge in [0.15, 0.2) is 0 Å². The van der Waals surface area contributed by atoms with E-state index in [-0.39, 0.29) is 0 Å². The zero-order chi connectivity index (χ0) is 14.8. The van der Waals surface area contributed by atoms with Gasteiger partial charge >= 0.3 is 0 Å². The van der Waals surface area contributed by atoms with Crippen LogP contribution in [-0.2, 0) is 6.54 Å². The van der Waals surface area contributed by atoms with Crippen molar-refractivity contribution >= 4 is 51.4 Å². The Morgan fingerprint density at radius 2 is 1.76 bits per heavy atom. The molecule has 5 heteroatoms. The van der Waals surface area contributed by atoms with E-state index in [1.165, 1.54) is 0 Å². The molecule has 0 radical (unpaired) electrons. The van der Waals surface area contributed by atoms with Crippen LogP contribution in [0.5, 0.6) is 0 Å². The van der Waals surface area contributed by atoms with Gasteiger partial charge in [-0.2, -0.15) is 0 Å². The molecule has 0 spiro atoms. The van der Waals surface area contributed by atoms with E-state index in [9.17, 15) is 0 Å². The Balaban J connectivity index is 1.86. The van der Waals surface area contributed by atoms with Crippen molar-refractivity contribution < 1.29 is 0 Å². The third kappa shape index (κ3) is 3.24. The van der Waals surface area contributed by atoms with Gasteiger partial charge in [0.1, 0.15) is 5.15 Å². The monoisotopic (exact) mass is 336 g/mol. The maximum atomic E-state index is 6.23. The summed E-state index contributed by atoms with van der Waals surface area (Å²) < 4.78 is 0. The Bertz CT molecular complexity index is 803. The molecule has 1 heterocycles. The summed E-state index contributed by atoms with van der Waals surface area (Å²) in [5.41, 5.74) is 2.61. The smallest absolute Gasteiger partial charge is 0.134 e. The fourth-order valence-electron chi connectivity index (χ4n) is 2.08. The highest BCUT2D eigenvalue weighted by atomic mass is 35.5. The fourth-order valence-corrected chi connectivity index (χ4v) is 2.77. The summed E-state index contributed by atoms with van der Waals surface area (Å²) in [5, 5.41) is 5.98. The molecular weight excluding hydrogens is 327 g/mol. The number of anilines is 1. The fraction of sp³-hybridized carbons (Fsp3) is 0.0625. The second-order valence-corrected chi connectivity index (χ2v) is 5.81. The Hall–Kier alpha value is -1.48.